The molecule has 0 bridgehead atoms. The summed E-state index contributed by atoms with van der Waals surface area (Å²) < 4.78 is 0. The molecule has 0 spiro atoms. The van der Waals surface area contributed by atoms with Crippen molar-refractivity contribution in [3.8, 4) is 0 Å². The van der Waals surface area contributed by atoms with Gasteiger partial charge in [-0.2, -0.15) is 0 Å². The number of rotatable bonds is 3. The molecule has 0 aromatic heterocycles. The van der Waals surface area contributed by atoms with Gasteiger partial charge in [-0.1, -0.05) is 0 Å². The number of hydrogen-bond donors (Lipinski definition) is 2. The molecule has 1 aliphatic rings. The van der Waals surface area contributed by atoms with E-state index in [0.717, 1.165) is 17.7 Å². The van der Waals surface area contributed by atoms with Gasteiger partial charge in [0.15, 0.2) is 0 Å². The van der Waals surface area contributed by atoms with Gasteiger partial charge in [0, 0.05) is 18.3 Å². The van der Waals surface area contributed by atoms with Crippen LogP contribution in [0.4, 0.5) is 0 Å². The number of aliphatic carboxylic acids is 1. The summed E-state index contributed by atoms with van der Waals surface area (Å²) in [5.41, 5.74) is 7.37. The molecule has 0 aromatic carbocycles. The molecule has 1 rings (SSSR count). The van der Waals surface area contributed by atoms with Gasteiger partial charge in [0.2, 0.25) is 0 Å². The zero-order valence-corrected chi connectivity index (χ0v) is 6.95. The van der Waals surface area contributed by atoms with E-state index in [1.165, 1.54) is 0 Å². The predicted octanol–water partition coefficient (Wildman–Crippen LogP) is 0.537. The lowest BCUT2D eigenvalue weighted by molar-refractivity contribution is -0.138. The minimum atomic E-state index is -0.958. The molecule has 12 heavy (non-hydrogen) atoms. The van der Waals surface area contributed by atoms with Gasteiger partial charge in [0.1, 0.15) is 6.04 Å². The van der Waals surface area contributed by atoms with Crippen molar-refractivity contribution in [2.45, 2.75) is 25.8 Å². The van der Waals surface area contributed by atoms with E-state index >= 15 is 0 Å². The molecule has 3 N–H and O–H groups in total. The monoisotopic (exact) mass is 168 g/mol. The maximum absolute atomic E-state index is 10.4. The molecule has 0 unspecified atom stereocenters. The van der Waals surface area contributed by atoms with Crippen LogP contribution in [-0.4, -0.2) is 22.8 Å². The van der Waals surface area contributed by atoms with Crippen LogP contribution in [0.3, 0.4) is 0 Å². The zero-order valence-electron chi connectivity index (χ0n) is 6.95. The van der Waals surface area contributed by atoms with Crippen molar-refractivity contribution >= 4 is 11.7 Å². The zero-order chi connectivity index (χ0) is 9.14. The van der Waals surface area contributed by atoms with Gasteiger partial charge in [-0.15, -0.1) is 0 Å². The number of nitrogens with two attached hydrogens (primary N) is 1. The highest BCUT2D eigenvalue weighted by Crippen LogP contribution is 2.16. The molecule has 0 amide bonds. The van der Waals surface area contributed by atoms with E-state index < -0.39 is 12.0 Å². The molecule has 1 atom stereocenters. The van der Waals surface area contributed by atoms with Crippen LogP contribution in [0.1, 0.15) is 19.8 Å². The summed E-state index contributed by atoms with van der Waals surface area (Å²) in [6.07, 6.45) is 2.87. The first-order valence-electron chi connectivity index (χ1n) is 3.79. The normalized spacial score (nSPS) is 18.5. The molecule has 4 nitrogen and oxygen atoms in total. The molecule has 0 aliphatic carbocycles. The standard InChI is InChI=1S/C8H12N2O2/c1-5-2-6(4-10-5)3-7(9)8(11)12/h4,7H,2-3,9H2,1H3,(H,11,12)/t7-/m1/s1. The molecule has 0 radical (unpaired) electrons. The Bertz CT molecular complexity index is 256. The third-order valence-corrected chi connectivity index (χ3v) is 1.75. The third kappa shape index (κ3) is 2.17. The smallest absolute Gasteiger partial charge is 0.320 e. The molecule has 0 fully saturated rings. The molecular weight excluding hydrogens is 156 g/mol. The van der Waals surface area contributed by atoms with Gasteiger partial charge >= 0.3 is 5.97 Å². The van der Waals surface area contributed by atoms with E-state index in [1.54, 1.807) is 6.20 Å². The fourth-order valence-corrected chi connectivity index (χ4v) is 1.12. The summed E-state index contributed by atoms with van der Waals surface area (Å²) in [6.45, 7) is 1.91. The highest BCUT2D eigenvalue weighted by Gasteiger charge is 2.15. The highest BCUT2D eigenvalue weighted by molar-refractivity contribution is 5.87. The van der Waals surface area contributed by atoms with Gasteiger partial charge in [0.25, 0.3) is 0 Å². The fraction of sp³-hybridized carbons (Fsp3) is 0.500. The van der Waals surface area contributed by atoms with Crippen molar-refractivity contribution in [3.63, 3.8) is 0 Å². The third-order valence-electron chi connectivity index (χ3n) is 1.75. The van der Waals surface area contributed by atoms with Crippen molar-refractivity contribution < 1.29 is 9.90 Å². The Balaban J connectivity index is 2.40. The maximum Gasteiger partial charge on any atom is 0.320 e. The van der Waals surface area contributed by atoms with Gasteiger partial charge < -0.3 is 10.8 Å². The lowest BCUT2D eigenvalue weighted by Crippen LogP contribution is -2.30. The Hall–Kier alpha value is -1.16. The van der Waals surface area contributed by atoms with Crippen molar-refractivity contribution in [3.05, 3.63) is 11.8 Å². The number of carboxylic acid groups (broad SMARTS) is 1. The quantitative estimate of drug-likeness (QED) is 0.645. The van der Waals surface area contributed by atoms with Crippen LogP contribution < -0.4 is 5.73 Å². The van der Waals surface area contributed by atoms with Crippen LogP contribution in [0.2, 0.25) is 0 Å². The topological polar surface area (TPSA) is 75.7 Å². The van der Waals surface area contributed by atoms with E-state index in [9.17, 15) is 4.79 Å². The van der Waals surface area contributed by atoms with E-state index in [2.05, 4.69) is 4.99 Å². The minimum Gasteiger partial charge on any atom is -0.480 e. The van der Waals surface area contributed by atoms with Crippen LogP contribution in [0.25, 0.3) is 0 Å². The van der Waals surface area contributed by atoms with Crippen LogP contribution in [0, 0.1) is 0 Å². The van der Waals surface area contributed by atoms with Gasteiger partial charge in [-0.05, 0) is 18.9 Å². The van der Waals surface area contributed by atoms with Crippen LogP contribution in [-0.2, 0) is 4.79 Å². The summed E-state index contributed by atoms with van der Waals surface area (Å²) in [5.74, 6) is -0.958. The maximum atomic E-state index is 10.4. The van der Waals surface area contributed by atoms with Gasteiger partial charge in [-0.25, -0.2) is 0 Å². The second-order valence-electron chi connectivity index (χ2n) is 2.98. The molecule has 0 aromatic rings. The molecule has 4 heteroatoms. The minimum absolute atomic E-state index is 0.399. The molecule has 0 saturated carbocycles. The van der Waals surface area contributed by atoms with Crippen molar-refractivity contribution in [1.29, 1.82) is 0 Å². The Morgan fingerprint density at radius 1 is 1.92 bits per heavy atom. The number of carboxylic acids is 1. The highest BCUT2D eigenvalue weighted by atomic mass is 16.4. The van der Waals surface area contributed by atoms with Crippen molar-refractivity contribution in [2.75, 3.05) is 0 Å². The molecule has 1 aliphatic heterocycles. The summed E-state index contributed by atoms with van der Waals surface area (Å²) in [4.78, 5) is 14.4. The average molecular weight is 168 g/mol. The first kappa shape index (κ1) is 8.93. The van der Waals surface area contributed by atoms with Crippen LogP contribution >= 0.6 is 0 Å². The molecule has 1 heterocycles. The summed E-state index contributed by atoms with van der Waals surface area (Å²) in [5, 5.41) is 8.52. The molecular formula is C8H12N2O2. The number of nitrogens with zero attached hydrogens (tertiary/aromatic N) is 1. The van der Waals surface area contributed by atoms with Crippen molar-refractivity contribution in [2.24, 2.45) is 10.7 Å². The summed E-state index contributed by atoms with van der Waals surface area (Å²) in [6, 6.07) is -0.794. The fourth-order valence-electron chi connectivity index (χ4n) is 1.12. The first-order valence-corrected chi connectivity index (χ1v) is 3.79. The number of carbonyl (C=O) groups is 1. The van der Waals surface area contributed by atoms with E-state index in [1.807, 2.05) is 6.92 Å². The predicted molar refractivity (Wildman–Crippen MR) is 46.0 cm³/mol. The Labute approximate surface area is 70.8 Å². The first-order chi connectivity index (χ1) is 5.59. The Morgan fingerprint density at radius 3 is 3.00 bits per heavy atom. The Kier molecular flexibility index (Phi) is 2.60. The largest absolute Gasteiger partial charge is 0.480 e. The van der Waals surface area contributed by atoms with Gasteiger partial charge in [-0.3, -0.25) is 9.79 Å². The lowest BCUT2D eigenvalue weighted by Gasteiger charge is -2.05. The number of aliphatic imine (C=N–C) groups is 1. The second kappa shape index (κ2) is 3.49. The van der Waals surface area contributed by atoms with Crippen LogP contribution in [0.15, 0.2) is 16.8 Å². The average Bonchev–Trinajstić information content (AvgIpc) is 2.35. The summed E-state index contributed by atoms with van der Waals surface area (Å²) in [7, 11) is 0. The SMILES string of the molecule is CC1=NC=C(C[C@@H](N)C(=O)O)C1. The lowest BCUT2D eigenvalue weighted by atomic mass is 10.0. The Morgan fingerprint density at radius 2 is 2.58 bits per heavy atom. The summed E-state index contributed by atoms with van der Waals surface area (Å²) >= 11 is 0. The van der Waals surface area contributed by atoms with Crippen molar-refractivity contribution in [1.82, 2.24) is 0 Å². The molecule has 0 saturated heterocycles. The number of hydrogen-bond acceptors (Lipinski definition) is 3. The van der Waals surface area contributed by atoms with E-state index in [-0.39, 0.29) is 0 Å². The van der Waals surface area contributed by atoms with Crippen LogP contribution in [0.5, 0.6) is 0 Å². The molecule has 66 valence electrons. The van der Waals surface area contributed by atoms with E-state index in [4.69, 9.17) is 10.8 Å². The van der Waals surface area contributed by atoms with Gasteiger partial charge in [0.05, 0.1) is 0 Å². The van der Waals surface area contributed by atoms with E-state index in [0.29, 0.717) is 6.42 Å². The second-order valence-corrected chi connectivity index (χ2v) is 2.98.